The minimum absolute atomic E-state index is 0. The molecular formula is C16H28ClN3O2. The molecule has 1 aromatic heterocycles. The van der Waals surface area contributed by atoms with Crippen LogP contribution in [0.3, 0.4) is 0 Å². The fourth-order valence-electron chi connectivity index (χ4n) is 2.81. The van der Waals surface area contributed by atoms with E-state index in [2.05, 4.69) is 31.1 Å². The van der Waals surface area contributed by atoms with Crippen LogP contribution >= 0.6 is 12.4 Å². The molecular weight excluding hydrogens is 302 g/mol. The van der Waals surface area contributed by atoms with Crippen LogP contribution in [0.25, 0.3) is 0 Å². The van der Waals surface area contributed by atoms with E-state index in [-0.39, 0.29) is 29.6 Å². The fraction of sp³-hybridized carbons (Fsp3) is 0.750. The monoisotopic (exact) mass is 329 g/mol. The Kier molecular flexibility index (Phi) is 6.04. The van der Waals surface area contributed by atoms with Gasteiger partial charge in [-0.05, 0) is 19.8 Å². The number of nitrogens with zero attached hydrogens (tertiary/aromatic N) is 1. The molecule has 1 aliphatic rings. The first-order chi connectivity index (χ1) is 9.70. The number of aromatic nitrogens is 1. The number of oxazole rings is 1. The summed E-state index contributed by atoms with van der Waals surface area (Å²) in [4.78, 5) is 16.6. The number of hydrogen-bond acceptors (Lipinski definition) is 4. The van der Waals surface area contributed by atoms with Crippen LogP contribution in [0.1, 0.15) is 65.0 Å². The first-order valence-corrected chi connectivity index (χ1v) is 7.72. The van der Waals surface area contributed by atoms with E-state index in [0.717, 1.165) is 31.4 Å². The number of carbonyl (C=O) groups excluding carboxylic acids is 1. The Morgan fingerprint density at radius 1 is 1.50 bits per heavy atom. The van der Waals surface area contributed by atoms with Gasteiger partial charge in [-0.1, -0.05) is 33.6 Å². The number of amides is 1. The number of rotatable bonds is 3. The standard InChI is InChI=1S/C16H27N3O2.ClH/c1-15(2,3)12-9-18-13(21-12)10-19-14(20)11-7-5-6-8-16(11,4)17;/h9,11H,5-8,10,17H2,1-4H3,(H,19,20);1H. The minimum Gasteiger partial charge on any atom is -0.443 e. The highest BCUT2D eigenvalue weighted by molar-refractivity contribution is 5.85. The summed E-state index contributed by atoms with van der Waals surface area (Å²) in [5.41, 5.74) is 5.77. The Hall–Kier alpha value is -1.07. The molecule has 1 aromatic rings. The van der Waals surface area contributed by atoms with Crippen molar-refractivity contribution in [3.8, 4) is 0 Å². The minimum atomic E-state index is -0.407. The van der Waals surface area contributed by atoms with E-state index >= 15 is 0 Å². The second-order valence-corrected chi connectivity index (χ2v) is 7.39. The highest BCUT2D eigenvalue weighted by atomic mass is 35.5. The van der Waals surface area contributed by atoms with Crippen molar-refractivity contribution in [1.82, 2.24) is 10.3 Å². The van der Waals surface area contributed by atoms with Gasteiger partial charge in [-0.3, -0.25) is 4.79 Å². The largest absolute Gasteiger partial charge is 0.443 e. The van der Waals surface area contributed by atoms with Crippen LogP contribution in [0.2, 0.25) is 0 Å². The Morgan fingerprint density at radius 2 is 2.18 bits per heavy atom. The summed E-state index contributed by atoms with van der Waals surface area (Å²) in [5.74, 6) is 1.26. The Balaban J connectivity index is 0.00000242. The molecule has 2 unspecified atom stereocenters. The fourth-order valence-corrected chi connectivity index (χ4v) is 2.81. The van der Waals surface area contributed by atoms with Crippen molar-refractivity contribution in [2.24, 2.45) is 11.7 Å². The number of nitrogens with one attached hydrogen (secondary N) is 1. The molecule has 1 amide bonds. The molecule has 0 aliphatic heterocycles. The average molecular weight is 330 g/mol. The molecule has 126 valence electrons. The number of hydrogen-bond donors (Lipinski definition) is 2. The summed E-state index contributed by atoms with van der Waals surface area (Å²) in [6.07, 6.45) is 5.66. The van der Waals surface area contributed by atoms with E-state index in [1.807, 2.05) is 6.92 Å². The van der Waals surface area contributed by atoms with Crippen LogP contribution in [0.15, 0.2) is 10.6 Å². The van der Waals surface area contributed by atoms with Gasteiger partial charge in [-0.15, -0.1) is 12.4 Å². The summed E-state index contributed by atoms with van der Waals surface area (Å²) >= 11 is 0. The summed E-state index contributed by atoms with van der Waals surface area (Å²) in [6, 6.07) is 0. The van der Waals surface area contributed by atoms with Gasteiger partial charge < -0.3 is 15.5 Å². The highest BCUT2D eigenvalue weighted by Gasteiger charge is 2.37. The lowest BCUT2D eigenvalue weighted by atomic mass is 9.74. The SMILES string of the molecule is CC(C)(C)c1cnc(CNC(=O)C2CCCCC2(C)N)o1.Cl. The molecule has 6 heteroatoms. The van der Waals surface area contributed by atoms with Crippen LogP contribution < -0.4 is 11.1 Å². The smallest absolute Gasteiger partial charge is 0.225 e. The van der Waals surface area contributed by atoms with Gasteiger partial charge in [0.15, 0.2) is 0 Å². The molecule has 0 aromatic carbocycles. The van der Waals surface area contributed by atoms with E-state index in [1.54, 1.807) is 6.20 Å². The molecule has 1 fully saturated rings. The Morgan fingerprint density at radius 3 is 2.73 bits per heavy atom. The lowest BCUT2D eigenvalue weighted by molar-refractivity contribution is -0.128. The first-order valence-electron chi connectivity index (χ1n) is 7.72. The third-order valence-corrected chi connectivity index (χ3v) is 4.28. The Labute approximate surface area is 138 Å². The number of nitrogens with two attached hydrogens (primary N) is 1. The molecule has 3 N–H and O–H groups in total. The van der Waals surface area contributed by atoms with Gasteiger partial charge in [-0.25, -0.2) is 4.98 Å². The van der Waals surface area contributed by atoms with Gasteiger partial charge >= 0.3 is 0 Å². The summed E-state index contributed by atoms with van der Waals surface area (Å²) in [5, 5.41) is 2.91. The van der Waals surface area contributed by atoms with Gasteiger partial charge in [-0.2, -0.15) is 0 Å². The van der Waals surface area contributed by atoms with Gasteiger partial charge in [0.2, 0.25) is 11.8 Å². The van der Waals surface area contributed by atoms with Crippen molar-refractivity contribution in [3.05, 3.63) is 17.8 Å². The topological polar surface area (TPSA) is 81.2 Å². The summed E-state index contributed by atoms with van der Waals surface area (Å²) < 4.78 is 5.68. The predicted molar refractivity (Wildman–Crippen MR) is 88.8 cm³/mol. The average Bonchev–Trinajstić information content (AvgIpc) is 2.84. The van der Waals surface area contributed by atoms with Crippen molar-refractivity contribution in [1.29, 1.82) is 0 Å². The van der Waals surface area contributed by atoms with Gasteiger partial charge in [0, 0.05) is 11.0 Å². The number of halogens is 1. The molecule has 5 nitrogen and oxygen atoms in total. The van der Waals surface area contributed by atoms with Crippen molar-refractivity contribution < 1.29 is 9.21 Å². The highest BCUT2D eigenvalue weighted by Crippen LogP contribution is 2.31. The normalized spacial score (nSPS) is 25.4. The molecule has 0 bridgehead atoms. The molecule has 0 saturated heterocycles. The lowest BCUT2D eigenvalue weighted by Crippen LogP contribution is -2.52. The second kappa shape index (κ2) is 7.01. The zero-order chi connectivity index (χ0) is 15.7. The summed E-state index contributed by atoms with van der Waals surface area (Å²) in [6.45, 7) is 8.49. The molecule has 22 heavy (non-hydrogen) atoms. The van der Waals surface area contributed by atoms with E-state index in [4.69, 9.17) is 10.2 Å². The zero-order valence-corrected chi connectivity index (χ0v) is 14.8. The second-order valence-electron chi connectivity index (χ2n) is 7.39. The van der Waals surface area contributed by atoms with Crippen molar-refractivity contribution in [2.45, 2.75) is 70.9 Å². The van der Waals surface area contributed by atoms with Crippen LogP contribution in [0, 0.1) is 5.92 Å². The zero-order valence-electron chi connectivity index (χ0n) is 13.9. The van der Waals surface area contributed by atoms with E-state index < -0.39 is 5.54 Å². The van der Waals surface area contributed by atoms with Crippen LogP contribution in [-0.4, -0.2) is 16.4 Å². The summed E-state index contributed by atoms with van der Waals surface area (Å²) in [7, 11) is 0. The van der Waals surface area contributed by atoms with Crippen LogP contribution in [0.5, 0.6) is 0 Å². The maximum Gasteiger partial charge on any atom is 0.225 e. The van der Waals surface area contributed by atoms with Gasteiger partial charge in [0.05, 0.1) is 18.7 Å². The third kappa shape index (κ3) is 4.46. The predicted octanol–water partition coefficient (Wildman–Crippen LogP) is 2.92. The van der Waals surface area contributed by atoms with Crippen molar-refractivity contribution >= 4 is 18.3 Å². The van der Waals surface area contributed by atoms with Gasteiger partial charge in [0.25, 0.3) is 0 Å². The Bertz CT molecular complexity index is 506. The molecule has 1 aliphatic carbocycles. The van der Waals surface area contributed by atoms with Crippen LogP contribution in [-0.2, 0) is 16.8 Å². The quantitative estimate of drug-likeness (QED) is 0.893. The maximum atomic E-state index is 12.3. The lowest BCUT2D eigenvalue weighted by Gasteiger charge is -2.37. The molecule has 0 radical (unpaired) electrons. The van der Waals surface area contributed by atoms with E-state index in [1.165, 1.54) is 0 Å². The molecule has 1 heterocycles. The molecule has 2 rings (SSSR count). The molecule has 0 spiro atoms. The van der Waals surface area contributed by atoms with Gasteiger partial charge in [0.1, 0.15) is 5.76 Å². The van der Waals surface area contributed by atoms with Crippen LogP contribution in [0.4, 0.5) is 0 Å². The maximum absolute atomic E-state index is 12.3. The van der Waals surface area contributed by atoms with E-state index in [0.29, 0.717) is 12.4 Å². The molecule has 1 saturated carbocycles. The first kappa shape index (κ1) is 19.0. The third-order valence-electron chi connectivity index (χ3n) is 4.28. The number of carbonyl (C=O) groups is 1. The van der Waals surface area contributed by atoms with E-state index in [9.17, 15) is 4.79 Å². The molecule has 2 atom stereocenters. The van der Waals surface area contributed by atoms with Crippen molar-refractivity contribution in [3.63, 3.8) is 0 Å². The van der Waals surface area contributed by atoms with Crippen molar-refractivity contribution in [2.75, 3.05) is 0 Å².